The number of rotatable bonds is 15. The molecule has 0 unspecified atom stereocenters. The third-order valence-corrected chi connectivity index (χ3v) is 4.35. The number of unbranched alkanes of at least 4 members (excludes halogenated alkanes) is 9. The number of hydrogen-bond donors (Lipinski definition) is 3. The Labute approximate surface area is 159 Å². The van der Waals surface area contributed by atoms with Gasteiger partial charge in [-0.05, 0) is 19.3 Å². The van der Waals surface area contributed by atoms with Crippen molar-refractivity contribution in [2.45, 2.75) is 90.4 Å². The fourth-order valence-electron chi connectivity index (χ4n) is 2.87. The number of nitrogens with one attached hydrogen (secondary N) is 2. The first kappa shape index (κ1) is 23.8. The van der Waals surface area contributed by atoms with Crippen molar-refractivity contribution in [2.75, 3.05) is 12.3 Å². The topological polar surface area (TPSA) is 83.8 Å². The predicted octanol–water partition coefficient (Wildman–Crippen LogP) is 4.77. The highest BCUT2D eigenvalue weighted by Gasteiger charge is 2.02. The van der Waals surface area contributed by atoms with Crippen LogP contribution in [-0.2, 0) is 11.2 Å². The molecule has 0 aliphatic rings. The first-order chi connectivity index (χ1) is 11.7. The van der Waals surface area contributed by atoms with Crippen LogP contribution in [0, 0.1) is 0 Å². The number of aromatic nitrogens is 2. The first-order valence-corrected chi connectivity index (χ1v) is 9.78. The third kappa shape index (κ3) is 13.7. The monoisotopic (exact) mass is 372 g/mol. The van der Waals surface area contributed by atoms with Gasteiger partial charge in [-0.25, -0.2) is 4.98 Å². The maximum atomic E-state index is 11.7. The van der Waals surface area contributed by atoms with Crippen LogP contribution < -0.4 is 11.1 Å². The highest BCUT2D eigenvalue weighted by Crippen LogP contribution is 2.10. The molecule has 1 heterocycles. The number of amides is 1. The van der Waals surface area contributed by atoms with E-state index in [1.54, 1.807) is 6.20 Å². The van der Waals surface area contributed by atoms with Gasteiger partial charge in [0.05, 0.1) is 6.20 Å². The number of aryl methyl sites for hydroxylation is 1. The number of hydrogen-bond acceptors (Lipinski definition) is 3. The average Bonchev–Trinajstić information content (AvgIpc) is 2.98. The van der Waals surface area contributed by atoms with Gasteiger partial charge in [-0.1, -0.05) is 64.7 Å². The predicted molar refractivity (Wildman–Crippen MR) is 108 cm³/mol. The van der Waals surface area contributed by atoms with Gasteiger partial charge in [0.2, 0.25) is 5.91 Å². The quantitative estimate of drug-likeness (QED) is 0.387. The summed E-state index contributed by atoms with van der Waals surface area (Å²) in [6, 6.07) is 0. The normalized spacial score (nSPS) is 10.4. The van der Waals surface area contributed by atoms with Gasteiger partial charge >= 0.3 is 0 Å². The number of nitrogen functional groups attached to an aromatic ring is 1. The van der Waals surface area contributed by atoms with Crippen LogP contribution in [0.3, 0.4) is 0 Å². The number of halogens is 1. The number of aromatic amines is 1. The van der Waals surface area contributed by atoms with E-state index in [2.05, 4.69) is 22.2 Å². The van der Waals surface area contributed by atoms with E-state index in [9.17, 15) is 4.79 Å². The van der Waals surface area contributed by atoms with Gasteiger partial charge in [0.25, 0.3) is 0 Å². The summed E-state index contributed by atoms with van der Waals surface area (Å²) in [6.45, 7) is 3.07. The Kier molecular flexibility index (Phi) is 15.5. The van der Waals surface area contributed by atoms with Gasteiger partial charge in [-0.3, -0.25) is 4.79 Å². The largest absolute Gasteiger partial charge is 0.369 e. The zero-order chi connectivity index (χ0) is 17.5. The summed E-state index contributed by atoms with van der Waals surface area (Å²) < 4.78 is 0. The molecule has 5 nitrogen and oxygen atoms in total. The molecule has 4 N–H and O–H groups in total. The van der Waals surface area contributed by atoms with Crippen LogP contribution in [0.2, 0.25) is 0 Å². The van der Waals surface area contributed by atoms with Crippen molar-refractivity contribution in [3.05, 3.63) is 11.9 Å². The molecule has 0 radical (unpaired) electrons. The Bertz CT molecular complexity index is 437. The van der Waals surface area contributed by atoms with Gasteiger partial charge in [-0.15, -0.1) is 12.4 Å². The molecule has 0 saturated carbocycles. The minimum absolute atomic E-state index is 0. The molecule has 0 aromatic carbocycles. The van der Waals surface area contributed by atoms with Crippen molar-refractivity contribution < 1.29 is 4.79 Å². The second-order valence-corrected chi connectivity index (χ2v) is 6.68. The molecule has 146 valence electrons. The second kappa shape index (κ2) is 16.2. The lowest BCUT2D eigenvalue weighted by atomic mass is 10.1. The van der Waals surface area contributed by atoms with Gasteiger partial charge in [-0.2, -0.15) is 0 Å². The van der Waals surface area contributed by atoms with Gasteiger partial charge in [0.15, 0.2) is 5.95 Å². The van der Waals surface area contributed by atoms with Crippen LogP contribution in [0.25, 0.3) is 0 Å². The van der Waals surface area contributed by atoms with Gasteiger partial charge in [0.1, 0.15) is 0 Å². The van der Waals surface area contributed by atoms with Gasteiger partial charge < -0.3 is 16.0 Å². The number of carbonyl (C=O) groups excluding carboxylic acids is 1. The number of nitrogens with zero attached hydrogens (tertiary/aromatic N) is 1. The Morgan fingerprint density at radius 3 is 2.20 bits per heavy atom. The van der Waals surface area contributed by atoms with Crippen LogP contribution in [0.15, 0.2) is 6.20 Å². The standard InChI is InChI=1S/C19H36N4O.ClH/c1-2-3-4-5-6-7-8-9-10-11-15-21-18(24)14-12-13-17-16-22-19(20)23-17;/h16H,2-15H2,1H3,(H,21,24)(H3,20,22,23);1H. The minimum atomic E-state index is 0. The van der Waals surface area contributed by atoms with Crippen molar-refractivity contribution >= 4 is 24.3 Å². The summed E-state index contributed by atoms with van der Waals surface area (Å²) in [6.07, 6.45) is 17.2. The number of H-pyrrole nitrogens is 1. The number of imidazole rings is 1. The molecule has 1 rings (SSSR count). The van der Waals surface area contributed by atoms with E-state index in [-0.39, 0.29) is 18.3 Å². The second-order valence-electron chi connectivity index (χ2n) is 6.68. The molecule has 25 heavy (non-hydrogen) atoms. The van der Waals surface area contributed by atoms with Crippen LogP contribution in [0.4, 0.5) is 5.95 Å². The molecule has 0 saturated heterocycles. The van der Waals surface area contributed by atoms with E-state index in [0.29, 0.717) is 12.4 Å². The summed E-state index contributed by atoms with van der Waals surface area (Å²) in [5, 5.41) is 3.01. The van der Waals surface area contributed by atoms with E-state index in [1.807, 2.05) is 0 Å². The maximum absolute atomic E-state index is 11.7. The Hall–Kier alpha value is -1.23. The summed E-state index contributed by atoms with van der Waals surface area (Å²) in [7, 11) is 0. The van der Waals surface area contributed by atoms with Crippen molar-refractivity contribution in [2.24, 2.45) is 0 Å². The molecule has 0 atom stereocenters. The lowest BCUT2D eigenvalue weighted by Crippen LogP contribution is -2.24. The Morgan fingerprint density at radius 1 is 1.04 bits per heavy atom. The minimum Gasteiger partial charge on any atom is -0.369 e. The Morgan fingerprint density at radius 2 is 1.64 bits per heavy atom. The maximum Gasteiger partial charge on any atom is 0.220 e. The highest BCUT2D eigenvalue weighted by atomic mass is 35.5. The molecular weight excluding hydrogens is 336 g/mol. The number of anilines is 1. The average molecular weight is 373 g/mol. The smallest absolute Gasteiger partial charge is 0.220 e. The molecule has 6 heteroatoms. The SMILES string of the molecule is CCCCCCCCCCCCNC(=O)CCCc1cnc(N)[nH]1.Cl. The summed E-state index contributed by atoms with van der Waals surface area (Å²) >= 11 is 0. The molecule has 0 aliphatic carbocycles. The van der Waals surface area contributed by atoms with Crippen molar-refractivity contribution in [3.8, 4) is 0 Å². The zero-order valence-corrected chi connectivity index (χ0v) is 16.6. The molecule has 1 aromatic rings. The third-order valence-electron chi connectivity index (χ3n) is 4.35. The molecule has 0 aliphatic heterocycles. The summed E-state index contributed by atoms with van der Waals surface area (Å²) in [5.74, 6) is 0.592. The van der Waals surface area contributed by atoms with Crippen molar-refractivity contribution in [3.63, 3.8) is 0 Å². The molecule has 1 aromatic heterocycles. The van der Waals surface area contributed by atoms with E-state index >= 15 is 0 Å². The van der Waals surface area contributed by atoms with E-state index < -0.39 is 0 Å². The van der Waals surface area contributed by atoms with Gasteiger partial charge in [0, 0.05) is 18.7 Å². The molecule has 0 fully saturated rings. The fourth-order valence-corrected chi connectivity index (χ4v) is 2.87. The first-order valence-electron chi connectivity index (χ1n) is 9.78. The summed E-state index contributed by atoms with van der Waals surface area (Å²) in [4.78, 5) is 18.7. The molecule has 1 amide bonds. The molecular formula is C19H37ClN4O. The van der Waals surface area contributed by atoms with Crippen LogP contribution in [0.5, 0.6) is 0 Å². The van der Waals surface area contributed by atoms with Crippen molar-refractivity contribution in [1.82, 2.24) is 15.3 Å². The molecule has 0 bridgehead atoms. The van der Waals surface area contributed by atoms with E-state index in [1.165, 1.54) is 57.8 Å². The zero-order valence-electron chi connectivity index (χ0n) is 15.8. The van der Waals surface area contributed by atoms with E-state index in [0.717, 1.165) is 31.5 Å². The van der Waals surface area contributed by atoms with Crippen LogP contribution in [-0.4, -0.2) is 22.4 Å². The Balaban J connectivity index is 0.00000576. The summed E-state index contributed by atoms with van der Waals surface area (Å²) in [5.41, 5.74) is 6.51. The highest BCUT2D eigenvalue weighted by molar-refractivity contribution is 5.85. The lowest BCUT2D eigenvalue weighted by molar-refractivity contribution is -0.121. The van der Waals surface area contributed by atoms with Crippen LogP contribution in [0.1, 0.15) is 89.7 Å². The fraction of sp³-hybridized carbons (Fsp3) is 0.789. The van der Waals surface area contributed by atoms with Crippen molar-refractivity contribution in [1.29, 1.82) is 0 Å². The molecule has 0 spiro atoms. The van der Waals surface area contributed by atoms with Crippen LogP contribution >= 0.6 is 12.4 Å². The lowest BCUT2D eigenvalue weighted by Gasteiger charge is -2.05. The van der Waals surface area contributed by atoms with E-state index in [4.69, 9.17) is 5.73 Å². The number of carbonyl (C=O) groups is 1. The number of nitrogens with two attached hydrogens (primary N) is 1.